The molecule has 0 fully saturated rings. The van der Waals surface area contributed by atoms with Crippen LogP contribution in [0, 0.1) is 5.92 Å². The number of rotatable bonds is 7. The lowest BCUT2D eigenvalue weighted by atomic mass is 9.93. The third kappa shape index (κ3) is 4.25. The maximum atomic E-state index is 10.9. The van der Waals surface area contributed by atoms with Gasteiger partial charge in [-0.15, -0.1) is 0 Å². The summed E-state index contributed by atoms with van der Waals surface area (Å²) in [5.74, 6) is -0.311. The lowest BCUT2D eigenvalue weighted by Gasteiger charge is -2.26. The maximum absolute atomic E-state index is 10.9. The van der Waals surface area contributed by atoms with Gasteiger partial charge in [0, 0.05) is 5.92 Å². The number of hydrogen-bond acceptors (Lipinski definition) is 3. The van der Waals surface area contributed by atoms with Crippen molar-refractivity contribution < 1.29 is 14.6 Å². The van der Waals surface area contributed by atoms with Crippen LogP contribution in [0.3, 0.4) is 0 Å². The Balaban J connectivity index is 2.14. The van der Waals surface area contributed by atoms with Crippen molar-refractivity contribution in [2.24, 2.45) is 5.92 Å². The minimum Gasteiger partial charge on any atom is -0.385 e. The Morgan fingerprint density at radius 1 is 1.05 bits per heavy atom. The topological polar surface area (TPSA) is 46.5 Å². The fourth-order valence-electron chi connectivity index (χ4n) is 2.26. The summed E-state index contributed by atoms with van der Waals surface area (Å²) in [5, 5.41) is 9.81. The highest BCUT2D eigenvalue weighted by atomic mass is 16.5. The van der Waals surface area contributed by atoms with Crippen LogP contribution in [0.4, 0.5) is 0 Å². The van der Waals surface area contributed by atoms with Crippen molar-refractivity contribution in [1.29, 1.82) is 0 Å². The molecule has 2 aromatic rings. The molecule has 0 aromatic heterocycles. The van der Waals surface area contributed by atoms with E-state index in [1.807, 2.05) is 67.6 Å². The summed E-state index contributed by atoms with van der Waals surface area (Å²) in [7, 11) is 0. The van der Waals surface area contributed by atoms with Crippen molar-refractivity contribution in [2.75, 3.05) is 0 Å². The maximum Gasteiger partial charge on any atom is 0.148 e. The van der Waals surface area contributed by atoms with Gasteiger partial charge in [-0.25, -0.2) is 0 Å². The van der Waals surface area contributed by atoms with Crippen molar-refractivity contribution in [3.8, 4) is 0 Å². The van der Waals surface area contributed by atoms with E-state index in [0.717, 1.165) is 11.1 Å². The molecule has 0 saturated heterocycles. The van der Waals surface area contributed by atoms with Gasteiger partial charge in [0.05, 0.1) is 12.7 Å². The van der Waals surface area contributed by atoms with Gasteiger partial charge < -0.3 is 14.6 Å². The number of hydrogen-bond donors (Lipinski definition) is 1. The number of aldehydes is 1. The van der Waals surface area contributed by atoms with Gasteiger partial charge in [0.25, 0.3) is 0 Å². The largest absolute Gasteiger partial charge is 0.385 e. The summed E-state index contributed by atoms with van der Waals surface area (Å²) >= 11 is 0. The van der Waals surface area contributed by atoms with E-state index in [4.69, 9.17) is 4.74 Å². The molecule has 2 rings (SSSR count). The molecule has 0 amide bonds. The molecule has 2 aromatic carbocycles. The van der Waals surface area contributed by atoms with Crippen molar-refractivity contribution in [3.05, 3.63) is 71.8 Å². The van der Waals surface area contributed by atoms with E-state index in [1.165, 1.54) is 0 Å². The van der Waals surface area contributed by atoms with E-state index in [-0.39, 0.29) is 12.0 Å². The zero-order valence-corrected chi connectivity index (χ0v) is 12.1. The third-order valence-corrected chi connectivity index (χ3v) is 3.56. The molecule has 110 valence electrons. The SMILES string of the molecule is C[C@@H]([C@@H](O)C=O)[C@@H](OCc1ccccc1)c1ccccc1. The fraction of sp³-hybridized carbons (Fsp3) is 0.278. The van der Waals surface area contributed by atoms with E-state index < -0.39 is 6.10 Å². The summed E-state index contributed by atoms with van der Waals surface area (Å²) in [6.45, 7) is 2.26. The van der Waals surface area contributed by atoms with Gasteiger partial charge in [-0.2, -0.15) is 0 Å². The van der Waals surface area contributed by atoms with Crippen LogP contribution < -0.4 is 0 Å². The Hall–Kier alpha value is -1.97. The zero-order chi connectivity index (χ0) is 15.1. The van der Waals surface area contributed by atoms with E-state index in [2.05, 4.69) is 0 Å². The van der Waals surface area contributed by atoms with E-state index in [1.54, 1.807) is 0 Å². The first-order valence-electron chi connectivity index (χ1n) is 7.06. The highest BCUT2D eigenvalue weighted by Gasteiger charge is 2.26. The van der Waals surface area contributed by atoms with Crippen LogP contribution in [0.1, 0.15) is 24.2 Å². The van der Waals surface area contributed by atoms with Crippen LogP contribution >= 0.6 is 0 Å². The molecule has 0 aliphatic rings. The summed E-state index contributed by atoms with van der Waals surface area (Å²) in [5.41, 5.74) is 2.02. The molecule has 0 bridgehead atoms. The minimum absolute atomic E-state index is 0.311. The quantitative estimate of drug-likeness (QED) is 0.795. The van der Waals surface area contributed by atoms with Gasteiger partial charge in [-0.3, -0.25) is 0 Å². The van der Waals surface area contributed by atoms with Crippen molar-refractivity contribution >= 4 is 6.29 Å². The molecule has 3 nitrogen and oxygen atoms in total. The average molecular weight is 284 g/mol. The van der Waals surface area contributed by atoms with E-state index >= 15 is 0 Å². The second kappa shape index (κ2) is 7.72. The highest BCUT2D eigenvalue weighted by Crippen LogP contribution is 2.29. The van der Waals surface area contributed by atoms with E-state index in [0.29, 0.717) is 12.9 Å². The van der Waals surface area contributed by atoms with Gasteiger partial charge >= 0.3 is 0 Å². The molecule has 0 aliphatic heterocycles. The lowest BCUT2D eigenvalue weighted by Crippen LogP contribution is -2.27. The van der Waals surface area contributed by atoms with Gasteiger partial charge in [-0.05, 0) is 11.1 Å². The average Bonchev–Trinajstić information content (AvgIpc) is 2.56. The fourth-order valence-corrected chi connectivity index (χ4v) is 2.26. The predicted octanol–water partition coefficient (Wildman–Crippen LogP) is 3.14. The van der Waals surface area contributed by atoms with Crippen LogP contribution in [0.25, 0.3) is 0 Å². The Morgan fingerprint density at radius 3 is 2.19 bits per heavy atom. The number of aliphatic hydroxyl groups excluding tert-OH is 1. The first kappa shape index (κ1) is 15.4. The van der Waals surface area contributed by atoms with Crippen molar-refractivity contribution in [3.63, 3.8) is 0 Å². The van der Waals surface area contributed by atoms with Gasteiger partial charge in [-0.1, -0.05) is 67.6 Å². The summed E-state index contributed by atoms with van der Waals surface area (Å²) < 4.78 is 5.98. The smallest absolute Gasteiger partial charge is 0.148 e. The number of carbonyl (C=O) groups is 1. The molecule has 3 heteroatoms. The molecular weight excluding hydrogens is 264 g/mol. The molecular formula is C18H20O3. The summed E-state index contributed by atoms with van der Waals surface area (Å²) in [6.07, 6.45) is -0.801. The molecule has 0 spiro atoms. The van der Waals surface area contributed by atoms with Crippen molar-refractivity contribution in [2.45, 2.75) is 25.7 Å². The molecule has 1 N–H and O–H groups in total. The predicted molar refractivity (Wildman–Crippen MR) is 81.6 cm³/mol. The molecule has 21 heavy (non-hydrogen) atoms. The number of aliphatic hydroxyl groups is 1. The minimum atomic E-state index is -1.04. The van der Waals surface area contributed by atoms with Gasteiger partial charge in [0.15, 0.2) is 0 Å². The summed E-state index contributed by atoms with van der Waals surface area (Å²) in [4.78, 5) is 10.9. The Kier molecular flexibility index (Phi) is 5.67. The molecule has 0 heterocycles. The van der Waals surface area contributed by atoms with Gasteiger partial charge in [0.1, 0.15) is 12.4 Å². The molecule has 3 atom stereocenters. The molecule has 0 unspecified atom stereocenters. The standard InChI is InChI=1S/C18H20O3/c1-14(17(20)12-19)18(16-10-6-3-7-11-16)21-13-15-8-4-2-5-9-15/h2-12,14,17-18,20H,13H2,1H3/t14-,17-,18+/m0/s1. The zero-order valence-electron chi connectivity index (χ0n) is 12.1. The molecule has 0 aliphatic carbocycles. The lowest BCUT2D eigenvalue weighted by molar-refractivity contribution is -0.121. The number of benzene rings is 2. The Bertz CT molecular complexity index is 539. The Labute approximate surface area is 125 Å². The van der Waals surface area contributed by atoms with Crippen LogP contribution in [0.2, 0.25) is 0 Å². The Morgan fingerprint density at radius 2 is 1.62 bits per heavy atom. The number of ether oxygens (including phenoxy) is 1. The van der Waals surface area contributed by atoms with Crippen LogP contribution in [0.15, 0.2) is 60.7 Å². The first-order chi connectivity index (χ1) is 10.2. The first-order valence-corrected chi connectivity index (χ1v) is 7.06. The summed E-state index contributed by atoms with van der Waals surface area (Å²) in [6, 6.07) is 19.5. The van der Waals surface area contributed by atoms with Crippen LogP contribution in [0.5, 0.6) is 0 Å². The second-order valence-corrected chi connectivity index (χ2v) is 5.11. The van der Waals surface area contributed by atoms with Crippen LogP contribution in [-0.4, -0.2) is 17.5 Å². The molecule has 0 radical (unpaired) electrons. The van der Waals surface area contributed by atoms with E-state index in [9.17, 15) is 9.90 Å². The second-order valence-electron chi connectivity index (χ2n) is 5.11. The monoisotopic (exact) mass is 284 g/mol. The van der Waals surface area contributed by atoms with Crippen LogP contribution in [-0.2, 0) is 16.1 Å². The highest BCUT2D eigenvalue weighted by molar-refractivity contribution is 5.56. The van der Waals surface area contributed by atoms with Gasteiger partial charge in [0.2, 0.25) is 0 Å². The number of carbonyl (C=O) groups excluding carboxylic acids is 1. The molecule has 0 saturated carbocycles. The normalized spacial score (nSPS) is 15.1. The van der Waals surface area contributed by atoms with Crippen molar-refractivity contribution in [1.82, 2.24) is 0 Å². The third-order valence-electron chi connectivity index (χ3n) is 3.56.